The Balaban J connectivity index is 3.24. The number of halogens is 1. The summed E-state index contributed by atoms with van der Waals surface area (Å²) in [6.45, 7) is 0. The second kappa shape index (κ2) is 3.09. The SMILES string of the molecule is COc1cncc(F)c1C=O. The van der Waals surface area contributed by atoms with Crippen molar-refractivity contribution in [1.29, 1.82) is 0 Å². The third kappa shape index (κ3) is 1.34. The first-order valence-electron chi connectivity index (χ1n) is 2.92. The largest absolute Gasteiger partial charge is 0.494 e. The molecule has 4 heteroatoms. The number of pyridine rings is 1. The molecule has 0 atom stereocenters. The van der Waals surface area contributed by atoms with Crippen molar-refractivity contribution >= 4 is 6.29 Å². The Labute approximate surface area is 62.8 Å². The monoisotopic (exact) mass is 155 g/mol. The summed E-state index contributed by atoms with van der Waals surface area (Å²) >= 11 is 0. The van der Waals surface area contributed by atoms with Crippen molar-refractivity contribution in [2.45, 2.75) is 0 Å². The van der Waals surface area contributed by atoms with E-state index in [1.165, 1.54) is 13.3 Å². The lowest BCUT2D eigenvalue weighted by Crippen LogP contribution is -1.95. The smallest absolute Gasteiger partial charge is 0.156 e. The van der Waals surface area contributed by atoms with Gasteiger partial charge in [0.05, 0.1) is 25.1 Å². The van der Waals surface area contributed by atoms with E-state index in [1.807, 2.05) is 0 Å². The normalized spacial score (nSPS) is 9.27. The van der Waals surface area contributed by atoms with Crippen molar-refractivity contribution in [3.05, 3.63) is 23.8 Å². The first-order chi connectivity index (χ1) is 5.29. The van der Waals surface area contributed by atoms with Gasteiger partial charge in [0.1, 0.15) is 0 Å². The van der Waals surface area contributed by atoms with Gasteiger partial charge in [-0.3, -0.25) is 9.78 Å². The molecule has 0 N–H and O–H groups in total. The second-order valence-electron chi connectivity index (χ2n) is 1.86. The highest BCUT2D eigenvalue weighted by atomic mass is 19.1. The average Bonchev–Trinajstić information content (AvgIpc) is 2.04. The first-order valence-corrected chi connectivity index (χ1v) is 2.92. The van der Waals surface area contributed by atoms with E-state index in [0.717, 1.165) is 6.20 Å². The molecule has 1 rings (SSSR count). The summed E-state index contributed by atoms with van der Waals surface area (Å²) in [5.74, 6) is -0.514. The number of aromatic nitrogens is 1. The molecule has 0 saturated heterocycles. The lowest BCUT2D eigenvalue weighted by molar-refractivity contribution is 0.111. The molecule has 58 valence electrons. The Morgan fingerprint density at radius 2 is 2.36 bits per heavy atom. The van der Waals surface area contributed by atoms with Gasteiger partial charge in [-0.1, -0.05) is 0 Å². The van der Waals surface area contributed by atoms with Gasteiger partial charge in [-0.2, -0.15) is 0 Å². The van der Waals surface area contributed by atoms with Crippen LogP contribution in [0.4, 0.5) is 4.39 Å². The van der Waals surface area contributed by atoms with Crippen molar-refractivity contribution in [1.82, 2.24) is 4.98 Å². The maximum absolute atomic E-state index is 12.7. The third-order valence-corrected chi connectivity index (χ3v) is 1.24. The van der Waals surface area contributed by atoms with Crippen LogP contribution in [0.3, 0.4) is 0 Å². The lowest BCUT2D eigenvalue weighted by atomic mass is 10.2. The fourth-order valence-electron chi connectivity index (χ4n) is 0.704. The molecule has 0 aromatic carbocycles. The number of hydrogen-bond acceptors (Lipinski definition) is 3. The van der Waals surface area contributed by atoms with E-state index in [4.69, 9.17) is 0 Å². The van der Waals surface area contributed by atoms with Gasteiger partial charge in [0.15, 0.2) is 17.9 Å². The number of carbonyl (C=O) groups is 1. The van der Waals surface area contributed by atoms with Crippen LogP contribution in [0.5, 0.6) is 5.75 Å². The molecule has 0 unspecified atom stereocenters. The number of aldehydes is 1. The predicted molar refractivity (Wildman–Crippen MR) is 36.1 cm³/mol. The van der Waals surface area contributed by atoms with E-state index in [9.17, 15) is 9.18 Å². The van der Waals surface area contributed by atoms with Gasteiger partial charge in [-0.15, -0.1) is 0 Å². The zero-order valence-corrected chi connectivity index (χ0v) is 5.87. The maximum atomic E-state index is 12.7. The molecule has 1 aromatic rings. The summed E-state index contributed by atoms with van der Waals surface area (Å²) in [6, 6.07) is 0. The Morgan fingerprint density at radius 3 is 2.82 bits per heavy atom. The maximum Gasteiger partial charge on any atom is 0.156 e. The average molecular weight is 155 g/mol. The number of ether oxygens (including phenoxy) is 1. The van der Waals surface area contributed by atoms with Crippen LogP contribution in [0.25, 0.3) is 0 Å². The van der Waals surface area contributed by atoms with Crippen LogP contribution in [0.2, 0.25) is 0 Å². The Hall–Kier alpha value is -1.45. The predicted octanol–water partition coefficient (Wildman–Crippen LogP) is 1.04. The van der Waals surface area contributed by atoms with E-state index >= 15 is 0 Å². The van der Waals surface area contributed by atoms with Crippen LogP contribution in [0, 0.1) is 5.82 Å². The molecule has 0 saturated carbocycles. The van der Waals surface area contributed by atoms with Crippen LogP contribution < -0.4 is 4.74 Å². The Bertz CT molecular complexity index is 275. The van der Waals surface area contributed by atoms with Crippen molar-refractivity contribution in [3.63, 3.8) is 0 Å². The third-order valence-electron chi connectivity index (χ3n) is 1.24. The molecular formula is C7H6FNO2. The molecular weight excluding hydrogens is 149 g/mol. The summed E-state index contributed by atoms with van der Waals surface area (Å²) in [4.78, 5) is 13.8. The van der Waals surface area contributed by atoms with Gasteiger partial charge in [0.2, 0.25) is 0 Å². The molecule has 0 bridgehead atoms. The van der Waals surface area contributed by atoms with E-state index in [2.05, 4.69) is 9.72 Å². The summed E-state index contributed by atoms with van der Waals surface area (Å²) < 4.78 is 17.3. The zero-order chi connectivity index (χ0) is 8.27. The van der Waals surface area contributed by atoms with Gasteiger partial charge in [0.25, 0.3) is 0 Å². The van der Waals surface area contributed by atoms with Crippen LogP contribution >= 0.6 is 0 Å². The molecule has 1 heterocycles. The van der Waals surface area contributed by atoms with Crippen molar-refractivity contribution < 1.29 is 13.9 Å². The summed E-state index contributed by atoms with van der Waals surface area (Å²) in [5, 5.41) is 0. The van der Waals surface area contributed by atoms with Gasteiger partial charge in [-0.05, 0) is 0 Å². The van der Waals surface area contributed by atoms with Crippen LogP contribution in [-0.2, 0) is 0 Å². The molecule has 0 radical (unpaired) electrons. The number of nitrogens with zero attached hydrogens (tertiary/aromatic N) is 1. The van der Waals surface area contributed by atoms with Gasteiger partial charge in [-0.25, -0.2) is 4.39 Å². The quantitative estimate of drug-likeness (QED) is 0.599. The number of hydrogen-bond donors (Lipinski definition) is 0. The molecule has 0 amide bonds. The van der Waals surface area contributed by atoms with E-state index in [1.54, 1.807) is 0 Å². The first kappa shape index (κ1) is 7.65. The van der Waals surface area contributed by atoms with Crippen LogP contribution in [0.1, 0.15) is 10.4 Å². The molecule has 11 heavy (non-hydrogen) atoms. The van der Waals surface area contributed by atoms with Crippen LogP contribution in [0.15, 0.2) is 12.4 Å². The number of carbonyl (C=O) groups excluding carboxylic acids is 1. The molecule has 0 fully saturated rings. The Kier molecular flexibility index (Phi) is 2.15. The van der Waals surface area contributed by atoms with Crippen molar-refractivity contribution in [2.75, 3.05) is 7.11 Å². The van der Waals surface area contributed by atoms with E-state index < -0.39 is 5.82 Å². The van der Waals surface area contributed by atoms with E-state index in [-0.39, 0.29) is 11.3 Å². The van der Waals surface area contributed by atoms with Gasteiger partial charge in [0, 0.05) is 0 Å². The fourth-order valence-corrected chi connectivity index (χ4v) is 0.704. The minimum absolute atomic E-state index is 0.0949. The highest BCUT2D eigenvalue weighted by molar-refractivity contribution is 5.79. The highest BCUT2D eigenvalue weighted by Crippen LogP contribution is 2.16. The van der Waals surface area contributed by atoms with Gasteiger partial charge < -0.3 is 4.74 Å². The minimum Gasteiger partial charge on any atom is -0.494 e. The minimum atomic E-state index is -0.667. The van der Waals surface area contributed by atoms with Gasteiger partial charge >= 0.3 is 0 Å². The topological polar surface area (TPSA) is 39.2 Å². The van der Waals surface area contributed by atoms with Crippen LogP contribution in [-0.4, -0.2) is 18.4 Å². The molecule has 0 aliphatic rings. The zero-order valence-electron chi connectivity index (χ0n) is 5.87. The summed E-state index contributed by atoms with van der Waals surface area (Å²) in [6.07, 6.45) is 2.65. The molecule has 3 nitrogen and oxygen atoms in total. The lowest BCUT2D eigenvalue weighted by Gasteiger charge is -2.01. The summed E-state index contributed by atoms with van der Waals surface area (Å²) in [7, 11) is 1.35. The number of rotatable bonds is 2. The van der Waals surface area contributed by atoms with Crippen molar-refractivity contribution in [3.8, 4) is 5.75 Å². The van der Waals surface area contributed by atoms with Crippen molar-refractivity contribution in [2.24, 2.45) is 0 Å². The standard InChI is InChI=1S/C7H6FNO2/c1-11-7-3-9-2-6(8)5(7)4-10/h2-4H,1H3. The highest BCUT2D eigenvalue weighted by Gasteiger charge is 2.07. The second-order valence-corrected chi connectivity index (χ2v) is 1.86. The number of methoxy groups -OCH3 is 1. The Morgan fingerprint density at radius 1 is 1.64 bits per heavy atom. The molecule has 1 aromatic heterocycles. The molecule has 0 aliphatic carbocycles. The molecule has 0 aliphatic heterocycles. The summed E-state index contributed by atoms with van der Waals surface area (Å²) in [5.41, 5.74) is -0.0949. The molecule has 0 spiro atoms. The fraction of sp³-hybridized carbons (Fsp3) is 0.143. The van der Waals surface area contributed by atoms with E-state index in [0.29, 0.717) is 6.29 Å².